The maximum atomic E-state index is 5.67. The van der Waals surface area contributed by atoms with Gasteiger partial charge in [0.05, 0.1) is 6.61 Å². The largest absolute Gasteiger partial charge is 0.381 e. The molecule has 0 spiro atoms. The van der Waals surface area contributed by atoms with Gasteiger partial charge in [-0.15, -0.1) is 0 Å². The van der Waals surface area contributed by atoms with Gasteiger partial charge in [0, 0.05) is 18.6 Å². The Morgan fingerprint density at radius 2 is 2.35 bits per heavy atom. The zero-order valence-electron chi connectivity index (χ0n) is 11.2. The zero-order valence-corrected chi connectivity index (χ0v) is 11.2. The lowest BCUT2D eigenvalue weighted by Crippen LogP contribution is -2.42. The maximum absolute atomic E-state index is 5.67. The fourth-order valence-electron chi connectivity index (χ4n) is 3.07. The third kappa shape index (κ3) is 3.82. The van der Waals surface area contributed by atoms with E-state index in [1.54, 1.807) is 5.57 Å². The van der Waals surface area contributed by atoms with Crippen molar-refractivity contribution in [2.75, 3.05) is 19.8 Å². The molecule has 2 heteroatoms. The van der Waals surface area contributed by atoms with Crippen molar-refractivity contribution in [2.45, 2.75) is 57.9 Å². The molecule has 2 unspecified atom stereocenters. The molecule has 2 aliphatic rings. The molecule has 2 nitrogen and oxygen atoms in total. The number of nitrogens with one attached hydrogen (secondary N) is 1. The molecule has 0 aromatic carbocycles. The highest BCUT2D eigenvalue weighted by molar-refractivity contribution is 5.15. The summed E-state index contributed by atoms with van der Waals surface area (Å²) in [5.74, 6) is 0.708. The molecular weight excluding hydrogens is 210 g/mol. The maximum Gasteiger partial charge on any atom is 0.0512 e. The van der Waals surface area contributed by atoms with Crippen molar-refractivity contribution in [1.82, 2.24) is 5.32 Å². The molecule has 1 saturated heterocycles. The van der Waals surface area contributed by atoms with E-state index in [1.807, 2.05) is 0 Å². The Labute approximate surface area is 106 Å². The van der Waals surface area contributed by atoms with Gasteiger partial charge in [-0.1, -0.05) is 18.6 Å². The number of rotatable bonds is 5. The summed E-state index contributed by atoms with van der Waals surface area (Å²) in [4.78, 5) is 0. The van der Waals surface area contributed by atoms with E-state index in [0.29, 0.717) is 12.0 Å². The van der Waals surface area contributed by atoms with E-state index in [0.717, 1.165) is 19.8 Å². The standard InChI is InChI=1S/C15H27NO/c1-2-10-16-15(13-7-4-3-5-8-13)14-9-6-11-17-12-14/h7,14-16H,2-6,8-12H2,1H3. The average Bonchev–Trinajstić information content (AvgIpc) is 2.42. The van der Waals surface area contributed by atoms with Crippen LogP contribution in [0.4, 0.5) is 0 Å². The van der Waals surface area contributed by atoms with E-state index in [9.17, 15) is 0 Å². The fraction of sp³-hybridized carbons (Fsp3) is 0.867. The van der Waals surface area contributed by atoms with E-state index in [1.165, 1.54) is 44.9 Å². The van der Waals surface area contributed by atoms with Crippen LogP contribution in [-0.4, -0.2) is 25.8 Å². The molecular formula is C15H27NO. The van der Waals surface area contributed by atoms with Crippen LogP contribution in [0.3, 0.4) is 0 Å². The van der Waals surface area contributed by atoms with Crippen LogP contribution in [0.15, 0.2) is 11.6 Å². The summed E-state index contributed by atoms with van der Waals surface area (Å²) >= 11 is 0. The van der Waals surface area contributed by atoms with E-state index in [2.05, 4.69) is 18.3 Å². The van der Waals surface area contributed by atoms with Crippen LogP contribution in [0.1, 0.15) is 51.9 Å². The lowest BCUT2D eigenvalue weighted by atomic mass is 9.83. The summed E-state index contributed by atoms with van der Waals surface area (Å²) in [5.41, 5.74) is 1.67. The van der Waals surface area contributed by atoms with Gasteiger partial charge in [0.25, 0.3) is 0 Å². The Morgan fingerprint density at radius 1 is 1.41 bits per heavy atom. The molecule has 0 radical (unpaired) electrons. The topological polar surface area (TPSA) is 21.3 Å². The molecule has 0 amide bonds. The predicted octanol–water partition coefficient (Wildman–Crippen LogP) is 3.28. The van der Waals surface area contributed by atoms with Crippen LogP contribution in [0.2, 0.25) is 0 Å². The fourth-order valence-corrected chi connectivity index (χ4v) is 3.07. The van der Waals surface area contributed by atoms with E-state index in [4.69, 9.17) is 4.74 Å². The molecule has 1 aliphatic carbocycles. The summed E-state index contributed by atoms with van der Waals surface area (Å²) in [6, 6.07) is 0.593. The molecule has 2 atom stereocenters. The number of ether oxygens (including phenoxy) is 1. The third-order valence-corrected chi connectivity index (χ3v) is 4.01. The zero-order chi connectivity index (χ0) is 11.9. The molecule has 0 saturated carbocycles. The van der Waals surface area contributed by atoms with Crippen molar-refractivity contribution in [2.24, 2.45) is 5.92 Å². The minimum Gasteiger partial charge on any atom is -0.381 e. The minimum absolute atomic E-state index is 0.593. The van der Waals surface area contributed by atoms with Crippen molar-refractivity contribution in [1.29, 1.82) is 0 Å². The molecule has 1 heterocycles. The molecule has 17 heavy (non-hydrogen) atoms. The lowest BCUT2D eigenvalue weighted by molar-refractivity contribution is 0.0437. The van der Waals surface area contributed by atoms with Crippen LogP contribution in [0.5, 0.6) is 0 Å². The lowest BCUT2D eigenvalue weighted by Gasteiger charge is -2.34. The van der Waals surface area contributed by atoms with Crippen molar-refractivity contribution in [3.8, 4) is 0 Å². The second-order valence-corrected chi connectivity index (χ2v) is 5.43. The summed E-state index contributed by atoms with van der Waals surface area (Å²) in [6.07, 6.45) is 11.6. The minimum atomic E-state index is 0.593. The normalized spacial score (nSPS) is 27.6. The first-order valence-corrected chi connectivity index (χ1v) is 7.42. The van der Waals surface area contributed by atoms with Gasteiger partial charge in [-0.3, -0.25) is 0 Å². The van der Waals surface area contributed by atoms with Gasteiger partial charge in [-0.2, -0.15) is 0 Å². The second kappa shape index (κ2) is 7.17. The first-order valence-electron chi connectivity index (χ1n) is 7.42. The molecule has 0 bridgehead atoms. The van der Waals surface area contributed by atoms with E-state index >= 15 is 0 Å². The summed E-state index contributed by atoms with van der Waals surface area (Å²) in [6.45, 7) is 5.31. The van der Waals surface area contributed by atoms with Crippen molar-refractivity contribution < 1.29 is 4.74 Å². The van der Waals surface area contributed by atoms with Crippen molar-refractivity contribution in [3.05, 3.63) is 11.6 Å². The van der Waals surface area contributed by atoms with Gasteiger partial charge in [-0.05, 0) is 51.5 Å². The molecule has 0 aromatic heterocycles. The van der Waals surface area contributed by atoms with E-state index in [-0.39, 0.29) is 0 Å². The Hall–Kier alpha value is -0.340. The number of allylic oxidation sites excluding steroid dienone is 1. The Morgan fingerprint density at radius 3 is 3.00 bits per heavy atom. The molecule has 0 aromatic rings. The van der Waals surface area contributed by atoms with Gasteiger partial charge in [0.2, 0.25) is 0 Å². The third-order valence-electron chi connectivity index (χ3n) is 4.01. The molecule has 1 aliphatic heterocycles. The van der Waals surface area contributed by atoms with Gasteiger partial charge in [0.1, 0.15) is 0 Å². The van der Waals surface area contributed by atoms with Gasteiger partial charge in [0.15, 0.2) is 0 Å². The molecule has 1 fully saturated rings. The van der Waals surface area contributed by atoms with Crippen molar-refractivity contribution in [3.63, 3.8) is 0 Å². The summed E-state index contributed by atoms with van der Waals surface area (Å²) < 4.78 is 5.67. The van der Waals surface area contributed by atoms with Crippen LogP contribution < -0.4 is 5.32 Å². The highest BCUT2D eigenvalue weighted by Gasteiger charge is 2.26. The first-order chi connectivity index (χ1) is 8.42. The average molecular weight is 237 g/mol. The van der Waals surface area contributed by atoms with Crippen LogP contribution >= 0.6 is 0 Å². The summed E-state index contributed by atoms with van der Waals surface area (Å²) in [5, 5.41) is 3.76. The second-order valence-electron chi connectivity index (χ2n) is 5.43. The summed E-state index contributed by atoms with van der Waals surface area (Å²) in [7, 11) is 0. The quantitative estimate of drug-likeness (QED) is 0.741. The molecule has 1 N–H and O–H groups in total. The predicted molar refractivity (Wildman–Crippen MR) is 72.2 cm³/mol. The van der Waals surface area contributed by atoms with Gasteiger partial charge >= 0.3 is 0 Å². The SMILES string of the molecule is CCCNC(C1=CCCCC1)C1CCCOC1. The van der Waals surface area contributed by atoms with E-state index < -0.39 is 0 Å². The van der Waals surface area contributed by atoms with Crippen LogP contribution in [0, 0.1) is 5.92 Å². The highest BCUT2D eigenvalue weighted by atomic mass is 16.5. The first kappa shape index (κ1) is 13.1. The Bertz CT molecular complexity index is 243. The highest BCUT2D eigenvalue weighted by Crippen LogP contribution is 2.28. The Kier molecular flexibility index (Phi) is 5.53. The Balaban J connectivity index is 1.97. The molecule has 2 rings (SSSR count). The van der Waals surface area contributed by atoms with Crippen molar-refractivity contribution >= 4 is 0 Å². The van der Waals surface area contributed by atoms with Crippen LogP contribution in [-0.2, 0) is 4.74 Å². The number of hydrogen-bond acceptors (Lipinski definition) is 2. The smallest absolute Gasteiger partial charge is 0.0512 e. The number of hydrogen-bond donors (Lipinski definition) is 1. The monoisotopic (exact) mass is 237 g/mol. The van der Waals surface area contributed by atoms with Gasteiger partial charge < -0.3 is 10.1 Å². The van der Waals surface area contributed by atoms with Crippen LogP contribution in [0.25, 0.3) is 0 Å². The molecule has 98 valence electrons. The van der Waals surface area contributed by atoms with Gasteiger partial charge in [-0.25, -0.2) is 0 Å².